The summed E-state index contributed by atoms with van der Waals surface area (Å²) < 4.78 is 5.14. The number of ether oxygens (including phenoxy) is 1. The van der Waals surface area contributed by atoms with Crippen LogP contribution in [0.25, 0.3) is 5.76 Å². The number of hydrogen-bond acceptors (Lipinski definition) is 5. The van der Waals surface area contributed by atoms with E-state index >= 15 is 0 Å². The average molecular weight is 409 g/mol. The molecule has 2 unspecified atom stereocenters. The molecule has 2 aromatic carbocycles. The van der Waals surface area contributed by atoms with E-state index in [4.69, 9.17) is 4.74 Å². The molecule has 2 atom stereocenters. The van der Waals surface area contributed by atoms with Gasteiger partial charge in [0.25, 0.3) is 11.7 Å². The highest BCUT2D eigenvalue weighted by Gasteiger charge is 2.46. The van der Waals surface area contributed by atoms with Gasteiger partial charge in [-0.15, -0.1) is 0 Å². The Kier molecular flexibility index (Phi) is 6.27. The third kappa shape index (κ3) is 4.09. The Morgan fingerprint density at radius 2 is 1.63 bits per heavy atom. The van der Waals surface area contributed by atoms with Gasteiger partial charge in [0.15, 0.2) is 0 Å². The van der Waals surface area contributed by atoms with Crippen LogP contribution in [0.1, 0.15) is 49.4 Å². The number of β-amino-alcohol motifs (C(OH)–C–C–N with tert-alkyl or cyclic N) is 1. The first-order chi connectivity index (χ1) is 14.2. The maximum Gasteiger partial charge on any atom is 0.295 e. The van der Waals surface area contributed by atoms with E-state index in [-0.39, 0.29) is 17.9 Å². The summed E-state index contributed by atoms with van der Waals surface area (Å²) in [6.45, 7) is 5.71. The number of rotatable bonds is 6. The second-order valence-electron chi connectivity index (χ2n) is 7.85. The lowest BCUT2D eigenvalue weighted by atomic mass is 9.93. The van der Waals surface area contributed by atoms with Crippen LogP contribution in [-0.4, -0.2) is 46.6 Å². The van der Waals surface area contributed by atoms with Crippen LogP contribution in [0.3, 0.4) is 0 Å². The lowest BCUT2D eigenvalue weighted by molar-refractivity contribution is -0.140. The number of nitrogens with zero attached hydrogens (tertiary/aromatic N) is 1. The minimum atomic E-state index is -0.818. The number of likely N-dealkylation sites (tertiary alicyclic amines) is 1. The molecule has 1 heterocycles. The topological polar surface area (TPSA) is 87.1 Å². The molecular formula is C24H27NO5. The molecule has 2 aromatic rings. The normalized spacial score (nSPS) is 19.4. The summed E-state index contributed by atoms with van der Waals surface area (Å²) in [7, 11) is 1.54. The molecule has 6 nitrogen and oxygen atoms in total. The number of benzene rings is 2. The maximum absolute atomic E-state index is 12.9. The van der Waals surface area contributed by atoms with Gasteiger partial charge < -0.3 is 19.8 Å². The fourth-order valence-electron chi connectivity index (χ4n) is 3.67. The number of Topliss-reactive ketones (excluding diaryl/α,β-unsaturated/α-hetero) is 1. The summed E-state index contributed by atoms with van der Waals surface area (Å²) in [6.07, 6.45) is -0.818. The summed E-state index contributed by atoms with van der Waals surface area (Å²) >= 11 is 0. The zero-order valence-electron chi connectivity index (χ0n) is 17.6. The number of ketones is 1. The minimum absolute atomic E-state index is 0.0133. The van der Waals surface area contributed by atoms with Gasteiger partial charge in [0.1, 0.15) is 11.5 Å². The molecule has 2 N–H and O–H groups in total. The molecule has 0 aliphatic carbocycles. The lowest BCUT2D eigenvalue weighted by Crippen LogP contribution is -2.35. The van der Waals surface area contributed by atoms with E-state index in [0.29, 0.717) is 22.8 Å². The molecule has 1 saturated heterocycles. The number of carbonyl (C=O) groups is 2. The van der Waals surface area contributed by atoms with Crippen molar-refractivity contribution < 1.29 is 24.5 Å². The van der Waals surface area contributed by atoms with Crippen LogP contribution < -0.4 is 4.74 Å². The van der Waals surface area contributed by atoms with Crippen molar-refractivity contribution in [3.05, 3.63) is 70.8 Å². The van der Waals surface area contributed by atoms with Gasteiger partial charge in [-0.1, -0.05) is 38.1 Å². The minimum Gasteiger partial charge on any atom is -0.507 e. The molecule has 0 radical (unpaired) electrons. The molecule has 3 rings (SSSR count). The smallest absolute Gasteiger partial charge is 0.295 e. The second-order valence-corrected chi connectivity index (χ2v) is 7.85. The third-order valence-electron chi connectivity index (χ3n) is 5.28. The van der Waals surface area contributed by atoms with Gasteiger partial charge in [0.2, 0.25) is 0 Å². The Balaban J connectivity index is 2.14. The largest absolute Gasteiger partial charge is 0.507 e. The first kappa shape index (κ1) is 21.6. The van der Waals surface area contributed by atoms with Gasteiger partial charge >= 0.3 is 0 Å². The molecule has 30 heavy (non-hydrogen) atoms. The monoisotopic (exact) mass is 409 g/mol. The van der Waals surface area contributed by atoms with Gasteiger partial charge in [0.05, 0.1) is 24.8 Å². The fraction of sp³-hybridized carbons (Fsp3) is 0.333. The van der Waals surface area contributed by atoms with E-state index in [0.717, 1.165) is 5.56 Å². The summed E-state index contributed by atoms with van der Waals surface area (Å²) in [5.74, 6) is -0.795. The van der Waals surface area contributed by atoms with E-state index in [1.807, 2.05) is 24.3 Å². The molecule has 1 aliphatic rings. The SMILES string of the molecule is COc1ccc(C(O)=C2C(=O)C(=O)N(CC(C)O)C2c2ccc(C(C)C)cc2)cc1. The molecule has 1 amide bonds. The van der Waals surface area contributed by atoms with Crippen molar-refractivity contribution >= 4 is 17.4 Å². The molecule has 0 aromatic heterocycles. The van der Waals surface area contributed by atoms with E-state index in [1.54, 1.807) is 31.2 Å². The Bertz CT molecular complexity index is 958. The molecular weight excluding hydrogens is 382 g/mol. The standard InChI is InChI=1S/C24H27NO5/c1-14(2)16-5-7-17(8-6-16)21-20(23(28)24(29)25(21)13-15(3)26)22(27)18-9-11-19(30-4)12-10-18/h5-12,14-15,21,26-27H,13H2,1-4H3. The Morgan fingerprint density at radius 1 is 1.03 bits per heavy atom. The molecule has 0 bridgehead atoms. The van der Waals surface area contributed by atoms with Crippen LogP contribution in [0.15, 0.2) is 54.1 Å². The molecule has 1 aliphatic heterocycles. The third-order valence-corrected chi connectivity index (χ3v) is 5.28. The van der Waals surface area contributed by atoms with Crippen LogP contribution in [0, 0.1) is 0 Å². The highest BCUT2D eigenvalue weighted by molar-refractivity contribution is 6.46. The van der Waals surface area contributed by atoms with Crippen molar-refractivity contribution in [2.45, 2.75) is 38.8 Å². The highest BCUT2D eigenvalue weighted by Crippen LogP contribution is 2.40. The van der Waals surface area contributed by atoms with Crippen molar-refractivity contribution in [1.29, 1.82) is 0 Å². The molecule has 6 heteroatoms. The summed E-state index contributed by atoms with van der Waals surface area (Å²) in [5, 5.41) is 20.9. The summed E-state index contributed by atoms with van der Waals surface area (Å²) in [6, 6.07) is 13.5. The van der Waals surface area contributed by atoms with Crippen LogP contribution in [-0.2, 0) is 9.59 Å². The van der Waals surface area contributed by atoms with Crippen molar-refractivity contribution in [2.75, 3.05) is 13.7 Å². The number of hydrogen-bond donors (Lipinski definition) is 2. The predicted octanol–water partition coefficient (Wildman–Crippen LogP) is 3.62. The van der Waals surface area contributed by atoms with Gasteiger partial charge in [-0.25, -0.2) is 0 Å². The average Bonchev–Trinajstić information content (AvgIpc) is 2.97. The van der Waals surface area contributed by atoms with Gasteiger partial charge in [-0.2, -0.15) is 0 Å². The highest BCUT2D eigenvalue weighted by atomic mass is 16.5. The first-order valence-electron chi connectivity index (χ1n) is 9.95. The van der Waals surface area contributed by atoms with Crippen molar-refractivity contribution in [2.24, 2.45) is 0 Å². The van der Waals surface area contributed by atoms with Crippen molar-refractivity contribution in [3.63, 3.8) is 0 Å². The predicted molar refractivity (Wildman–Crippen MR) is 114 cm³/mol. The Labute approximate surface area is 176 Å². The molecule has 0 saturated carbocycles. The van der Waals surface area contributed by atoms with Gasteiger partial charge in [-0.05, 0) is 48.2 Å². The van der Waals surface area contributed by atoms with Crippen LogP contribution in [0.4, 0.5) is 0 Å². The lowest BCUT2D eigenvalue weighted by Gasteiger charge is -2.26. The number of aliphatic hydroxyl groups is 2. The Hall–Kier alpha value is -3.12. The molecule has 0 spiro atoms. The first-order valence-corrected chi connectivity index (χ1v) is 9.95. The second kappa shape index (κ2) is 8.71. The molecule has 158 valence electrons. The van der Waals surface area contributed by atoms with E-state index in [1.165, 1.54) is 12.0 Å². The zero-order chi connectivity index (χ0) is 22.0. The quantitative estimate of drug-likeness (QED) is 0.432. The van der Waals surface area contributed by atoms with E-state index in [9.17, 15) is 19.8 Å². The number of carbonyl (C=O) groups excluding carboxylic acids is 2. The molecule has 1 fully saturated rings. The Morgan fingerprint density at radius 3 is 2.13 bits per heavy atom. The van der Waals surface area contributed by atoms with Gasteiger partial charge in [-0.3, -0.25) is 9.59 Å². The fourth-order valence-corrected chi connectivity index (χ4v) is 3.67. The number of methoxy groups -OCH3 is 1. The maximum atomic E-state index is 12.9. The van der Waals surface area contributed by atoms with Crippen LogP contribution in [0.5, 0.6) is 5.75 Å². The zero-order valence-corrected chi connectivity index (χ0v) is 17.6. The summed E-state index contributed by atoms with van der Waals surface area (Å²) in [4.78, 5) is 27.0. The van der Waals surface area contributed by atoms with Crippen LogP contribution in [0.2, 0.25) is 0 Å². The van der Waals surface area contributed by atoms with E-state index in [2.05, 4.69) is 13.8 Å². The van der Waals surface area contributed by atoms with Crippen LogP contribution >= 0.6 is 0 Å². The van der Waals surface area contributed by atoms with E-state index < -0.39 is 23.8 Å². The number of aliphatic hydroxyl groups excluding tert-OH is 2. The van der Waals surface area contributed by atoms with Gasteiger partial charge in [0, 0.05) is 12.1 Å². The van der Waals surface area contributed by atoms with Crippen molar-refractivity contribution in [3.8, 4) is 5.75 Å². The summed E-state index contributed by atoms with van der Waals surface area (Å²) in [5.41, 5.74) is 2.26. The van der Waals surface area contributed by atoms with Crippen molar-refractivity contribution in [1.82, 2.24) is 4.90 Å². The number of amides is 1.